The summed E-state index contributed by atoms with van der Waals surface area (Å²) in [4.78, 5) is 0. The van der Waals surface area contributed by atoms with Crippen molar-refractivity contribution in [1.29, 1.82) is 0 Å². The summed E-state index contributed by atoms with van der Waals surface area (Å²) in [7, 11) is 1.68. The Morgan fingerprint density at radius 1 is 1.35 bits per heavy atom. The summed E-state index contributed by atoms with van der Waals surface area (Å²) in [6.07, 6.45) is 2.14. The van der Waals surface area contributed by atoms with E-state index in [-0.39, 0.29) is 12.1 Å². The van der Waals surface area contributed by atoms with E-state index < -0.39 is 0 Å². The van der Waals surface area contributed by atoms with Crippen LogP contribution in [-0.4, -0.2) is 33.0 Å². The molecule has 1 unspecified atom stereocenters. The molecule has 1 aromatic rings. The van der Waals surface area contributed by atoms with Crippen molar-refractivity contribution in [2.75, 3.05) is 26.9 Å². The molecule has 20 heavy (non-hydrogen) atoms. The fraction of sp³-hybridized carbons (Fsp3) is 0.625. The normalized spacial score (nSPS) is 17.8. The van der Waals surface area contributed by atoms with Crippen molar-refractivity contribution in [3.63, 3.8) is 0 Å². The third-order valence-corrected chi connectivity index (χ3v) is 3.66. The maximum Gasteiger partial charge on any atom is 0.128 e. The van der Waals surface area contributed by atoms with E-state index in [1.807, 2.05) is 12.1 Å². The zero-order valence-electron chi connectivity index (χ0n) is 12.6. The van der Waals surface area contributed by atoms with Crippen LogP contribution in [0.3, 0.4) is 0 Å². The monoisotopic (exact) mass is 279 g/mol. The van der Waals surface area contributed by atoms with E-state index >= 15 is 0 Å². The molecule has 0 saturated carbocycles. The van der Waals surface area contributed by atoms with Gasteiger partial charge in [-0.3, -0.25) is 0 Å². The minimum absolute atomic E-state index is 0.239. The van der Waals surface area contributed by atoms with Crippen molar-refractivity contribution in [3.8, 4) is 11.5 Å². The maximum atomic E-state index is 6.20. The predicted molar refractivity (Wildman–Crippen MR) is 79.6 cm³/mol. The number of hydrogen-bond donors (Lipinski definition) is 1. The van der Waals surface area contributed by atoms with Gasteiger partial charge in [-0.1, -0.05) is 13.0 Å². The average Bonchev–Trinajstić information content (AvgIpc) is 2.48. The molecule has 0 spiro atoms. The van der Waals surface area contributed by atoms with Gasteiger partial charge in [-0.05, 0) is 19.5 Å². The van der Waals surface area contributed by atoms with Crippen LogP contribution in [0.25, 0.3) is 0 Å². The Morgan fingerprint density at radius 3 is 2.75 bits per heavy atom. The molecule has 1 atom stereocenters. The third-order valence-electron chi connectivity index (χ3n) is 3.66. The van der Waals surface area contributed by atoms with E-state index in [2.05, 4.69) is 25.2 Å². The fourth-order valence-electron chi connectivity index (χ4n) is 2.49. The van der Waals surface area contributed by atoms with Gasteiger partial charge in [0.2, 0.25) is 0 Å². The van der Waals surface area contributed by atoms with Crippen LogP contribution in [0, 0.1) is 0 Å². The summed E-state index contributed by atoms with van der Waals surface area (Å²) >= 11 is 0. The molecule has 1 N–H and O–H groups in total. The van der Waals surface area contributed by atoms with Gasteiger partial charge in [-0.25, -0.2) is 0 Å². The lowest BCUT2D eigenvalue weighted by Crippen LogP contribution is -2.27. The molecule has 112 valence electrons. The Hall–Kier alpha value is -1.26. The molecule has 1 fully saturated rings. The summed E-state index contributed by atoms with van der Waals surface area (Å²) in [6, 6.07) is 6.32. The lowest BCUT2D eigenvalue weighted by molar-refractivity contribution is 0.0249. The van der Waals surface area contributed by atoms with Crippen molar-refractivity contribution in [2.45, 2.75) is 38.8 Å². The number of ether oxygens (including phenoxy) is 3. The highest BCUT2D eigenvalue weighted by atomic mass is 16.5. The van der Waals surface area contributed by atoms with E-state index in [0.29, 0.717) is 0 Å². The molecule has 1 heterocycles. The van der Waals surface area contributed by atoms with E-state index in [1.54, 1.807) is 7.11 Å². The zero-order chi connectivity index (χ0) is 14.4. The molecule has 1 aliphatic heterocycles. The van der Waals surface area contributed by atoms with Gasteiger partial charge in [0.05, 0.1) is 20.3 Å². The Morgan fingerprint density at radius 2 is 2.10 bits per heavy atom. The molecule has 0 amide bonds. The fourth-order valence-corrected chi connectivity index (χ4v) is 2.49. The van der Waals surface area contributed by atoms with E-state index in [1.165, 1.54) is 5.56 Å². The second kappa shape index (κ2) is 7.50. The molecule has 1 aliphatic rings. The van der Waals surface area contributed by atoms with Gasteiger partial charge < -0.3 is 19.5 Å². The van der Waals surface area contributed by atoms with Gasteiger partial charge in [0, 0.05) is 30.5 Å². The van der Waals surface area contributed by atoms with Crippen LogP contribution in [0.15, 0.2) is 18.2 Å². The molecule has 1 saturated heterocycles. The molecule has 4 heteroatoms. The number of methoxy groups -OCH3 is 1. The van der Waals surface area contributed by atoms with Crippen LogP contribution in [0.2, 0.25) is 0 Å². The Bertz CT molecular complexity index is 416. The lowest BCUT2D eigenvalue weighted by atomic mass is 10.1. The van der Waals surface area contributed by atoms with Gasteiger partial charge in [-0.15, -0.1) is 0 Å². The minimum atomic E-state index is 0.239. The van der Waals surface area contributed by atoms with E-state index in [0.717, 1.165) is 44.1 Å². The van der Waals surface area contributed by atoms with Crippen LogP contribution >= 0.6 is 0 Å². The van der Waals surface area contributed by atoms with Crippen LogP contribution in [0.1, 0.15) is 38.3 Å². The Kier molecular flexibility index (Phi) is 5.68. The first-order valence-electron chi connectivity index (χ1n) is 7.40. The van der Waals surface area contributed by atoms with Crippen LogP contribution in [0.4, 0.5) is 0 Å². The highest BCUT2D eigenvalue weighted by Gasteiger charge is 2.19. The lowest BCUT2D eigenvalue weighted by Gasteiger charge is -2.26. The second-order valence-corrected chi connectivity index (χ2v) is 5.11. The van der Waals surface area contributed by atoms with E-state index in [4.69, 9.17) is 14.2 Å². The average molecular weight is 279 g/mol. The highest BCUT2D eigenvalue weighted by molar-refractivity contribution is 5.42. The first kappa shape index (κ1) is 15.1. The zero-order valence-corrected chi connectivity index (χ0v) is 12.6. The van der Waals surface area contributed by atoms with Crippen molar-refractivity contribution in [2.24, 2.45) is 0 Å². The Balaban J connectivity index is 2.17. The van der Waals surface area contributed by atoms with Crippen molar-refractivity contribution in [3.05, 3.63) is 23.8 Å². The Labute approximate surface area is 121 Å². The molecule has 0 bridgehead atoms. The van der Waals surface area contributed by atoms with Gasteiger partial charge in [-0.2, -0.15) is 0 Å². The highest BCUT2D eigenvalue weighted by Crippen LogP contribution is 2.31. The molecule has 0 aliphatic carbocycles. The van der Waals surface area contributed by atoms with Gasteiger partial charge >= 0.3 is 0 Å². The summed E-state index contributed by atoms with van der Waals surface area (Å²) in [5.41, 5.74) is 1.18. The summed E-state index contributed by atoms with van der Waals surface area (Å²) in [5.74, 6) is 1.75. The molecular weight excluding hydrogens is 254 g/mol. The largest absolute Gasteiger partial charge is 0.497 e. The molecule has 2 rings (SSSR count). The SMILES string of the molecule is CCNC(C)c1ccc(OC)cc1OC1CCOCC1. The molecule has 4 nitrogen and oxygen atoms in total. The maximum absolute atomic E-state index is 6.20. The van der Waals surface area contributed by atoms with Crippen LogP contribution in [-0.2, 0) is 4.74 Å². The molecule has 1 aromatic carbocycles. The van der Waals surface area contributed by atoms with Crippen molar-refractivity contribution < 1.29 is 14.2 Å². The quantitative estimate of drug-likeness (QED) is 0.869. The second-order valence-electron chi connectivity index (χ2n) is 5.11. The van der Waals surface area contributed by atoms with Crippen molar-refractivity contribution >= 4 is 0 Å². The summed E-state index contributed by atoms with van der Waals surface area (Å²) in [5, 5.41) is 3.43. The van der Waals surface area contributed by atoms with E-state index in [9.17, 15) is 0 Å². The molecular formula is C16H25NO3. The first-order valence-corrected chi connectivity index (χ1v) is 7.40. The van der Waals surface area contributed by atoms with Crippen LogP contribution < -0.4 is 14.8 Å². The predicted octanol–water partition coefficient (Wildman–Crippen LogP) is 2.92. The van der Waals surface area contributed by atoms with Crippen LogP contribution in [0.5, 0.6) is 11.5 Å². The smallest absolute Gasteiger partial charge is 0.128 e. The first-order chi connectivity index (χ1) is 9.74. The van der Waals surface area contributed by atoms with Gasteiger partial charge in [0.1, 0.15) is 17.6 Å². The van der Waals surface area contributed by atoms with Crippen molar-refractivity contribution in [1.82, 2.24) is 5.32 Å². The van der Waals surface area contributed by atoms with Gasteiger partial charge in [0.25, 0.3) is 0 Å². The third kappa shape index (κ3) is 3.87. The summed E-state index contributed by atoms with van der Waals surface area (Å²) in [6.45, 7) is 6.77. The van der Waals surface area contributed by atoms with Gasteiger partial charge in [0.15, 0.2) is 0 Å². The number of benzene rings is 1. The minimum Gasteiger partial charge on any atom is -0.497 e. The molecule has 0 aromatic heterocycles. The molecule has 0 radical (unpaired) electrons. The number of rotatable bonds is 6. The summed E-state index contributed by atoms with van der Waals surface area (Å²) < 4.78 is 16.9. The standard InChI is InChI=1S/C16H25NO3/c1-4-17-12(2)15-6-5-14(18-3)11-16(15)20-13-7-9-19-10-8-13/h5-6,11-13,17H,4,7-10H2,1-3H3. The number of nitrogens with one attached hydrogen (secondary N) is 1. The topological polar surface area (TPSA) is 39.7 Å². The number of hydrogen-bond acceptors (Lipinski definition) is 4.